The van der Waals surface area contributed by atoms with Crippen LogP contribution in [0, 0.1) is 35.0 Å². The van der Waals surface area contributed by atoms with Crippen molar-refractivity contribution in [2.24, 2.45) is 35.0 Å². The van der Waals surface area contributed by atoms with Crippen molar-refractivity contribution in [3.05, 3.63) is 12.2 Å². The number of esters is 2. The number of ether oxygens (including phenoxy) is 2. The molecule has 0 bridgehead atoms. The third kappa shape index (κ3) is 2.32. The number of ketones is 1. The largest absolute Gasteiger partial charge is 0.462 e. The molecule has 0 unspecified atom stereocenters. The molecule has 0 amide bonds. The van der Waals surface area contributed by atoms with Gasteiger partial charge in [-0.05, 0) is 31.3 Å². The summed E-state index contributed by atoms with van der Waals surface area (Å²) in [5.74, 6) is -1.39. The topological polar surface area (TPSA) is 69.7 Å². The van der Waals surface area contributed by atoms with Gasteiger partial charge in [-0.2, -0.15) is 0 Å². The van der Waals surface area contributed by atoms with E-state index in [2.05, 4.69) is 6.92 Å². The van der Waals surface area contributed by atoms with E-state index < -0.39 is 11.5 Å². The molecule has 0 spiro atoms. The average molecular weight is 334 g/mol. The summed E-state index contributed by atoms with van der Waals surface area (Å²) < 4.78 is 11.4. The number of rotatable bonds is 2. The van der Waals surface area contributed by atoms with Crippen LogP contribution in [0.5, 0.6) is 0 Å². The van der Waals surface area contributed by atoms with Gasteiger partial charge < -0.3 is 9.47 Å². The van der Waals surface area contributed by atoms with Crippen LogP contribution in [0.3, 0.4) is 0 Å². The summed E-state index contributed by atoms with van der Waals surface area (Å²) in [5.41, 5.74) is -0.828. The van der Waals surface area contributed by atoms with E-state index in [9.17, 15) is 14.4 Å². The normalized spacial score (nSPS) is 44.1. The summed E-state index contributed by atoms with van der Waals surface area (Å²) in [4.78, 5) is 37.2. The third-order valence-corrected chi connectivity index (χ3v) is 6.20. The predicted octanol–water partition coefficient (Wildman–Crippen LogP) is 2.53. The first-order chi connectivity index (χ1) is 11.2. The molecule has 7 atom stereocenters. The van der Waals surface area contributed by atoms with Crippen LogP contribution < -0.4 is 0 Å². The fourth-order valence-electron chi connectivity index (χ4n) is 4.70. The molecule has 1 saturated heterocycles. The lowest BCUT2D eigenvalue weighted by Gasteiger charge is -2.40. The molecule has 3 aliphatic rings. The molecule has 0 radical (unpaired) electrons. The number of carbonyl (C=O) groups excluding carboxylic acids is 3. The molecule has 0 N–H and O–H groups in total. The molecule has 2 fully saturated rings. The molecule has 0 aromatic carbocycles. The molecular weight excluding hydrogens is 308 g/mol. The molecule has 2 aliphatic carbocycles. The van der Waals surface area contributed by atoms with E-state index in [1.165, 1.54) is 0 Å². The molecule has 0 aromatic rings. The molecule has 1 saturated carbocycles. The van der Waals surface area contributed by atoms with E-state index in [-0.39, 0.29) is 53.4 Å². The summed E-state index contributed by atoms with van der Waals surface area (Å²) in [6.45, 7) is 9.31. The smallest absolute Gasteiger partial charge is 0.309 e. The Morgan fingerprint density at radius 2 is 2.00 bits per heavy atom. The first kappa shape index (κ1) is 17.2. The van der Waals surface area contributed by atoms with Crippen LogP contribution in [0.4, 0.5) is 0 Å². The van der Waals surface area contributed by atoms with Crippen LogP contribution in [0.25, 0.3) is 0 Å². The standard InChI is InChI=1S/C19H26O5/c1-9(2)17(21)24-16-15-11(4)18(22)23-13(15)8-10(3)12-6-7-14(20)19(12,16)5/h6-7,9-13,15-16H,8H2,1-5H3/t10-,11+,12+,13-,15-,16-,19+/m1/s1. The second kappa shape index (κ2) is 5.71. The van der Waals surface area contributed by atoms with Gasteiger partial charge in [0, 0.05) is 5.92 Å². The van der Waals surface area contributed by atoms with Gasteiger partial charge in [0.25, 0.3) is 0 Å². The van der Waals surface area contributed by atoms with Crippen molar-refractivity contribution in [2.75, 3.05) is 0 Å². The maximum absolute atomic E-state index is 12.8. The minimum absolute atomic E-state index is 0.00790. The second-order valence-electron chi connectivity index (χ2n) is 8.10. The van der Waals surface area contributed by atoms with Crippen molar-refractivity contribution in [1.82, 2.24) is 0 Å². The van der Waals surface area contributed by atoms with Gasteiger partial charge in [-0.3, -0.25) is 14.4 Å². The first-order valence-electron chi connectivity index (χ1n) is 8.81. The van der Waals surface area contributed by atoms with E-state index in [0.717, 1.165) is 0 Å². The zero-order valence-corrected chi connectivity index (χ0v) is 14.9. The Kier molecular flexibility index (Phi) is 4.09. The lowest BCUT2D eigenvalue weighted by molar-refractivity contribution is -0.170. The van der Waals surface area contributed by atoms with Crippen LogP contribution in [-0.4, -0.2) is 29.9 Å². The fraction of sp³-hybridized carbons (Fsp3) is 0.737. The van der Waals surface area contributed by atoms with Crippen LogP contribution in [0.15, 0.2) is 12.2 Å². The van der Waals surface area contributed by atoms with E-state index in [1.54, 1.807) is 19.9 Å². The van der Waals surface area contributed by atoms with Crippen molar-refractivity contribution in [2.45, 2.75) is 53.2 Å². The van der Waals surface area contributed by atoms with Crippen molar-refractivity contribution < 1.29 is 23.9 Å². The number of hydrogen-bond donors (Lipinski definition) is 0. The van der Waals surface area contributed by atoms with Crippen molar-refractivity contribution >= 4 is 17.7 Å². The Bertz CT molecular complexity index is 607. The highest BCUT2D eigenvalue weighted by atomic mass is 16.6. The van der Waals surface area contributed by atoms with E-state index in [1.807, 2.05) is 19.9 Å². The zero-order chi connectivity index (χ0) is 17.8. The third-order valence-electron chi connectivity index (χ3n) is 6.20. The van der Waals surface area contributed by atoms with Crippen LogP contribution >= 0.6 is 0 Å². The van der Waals surface area contributed by atoms with Gasteiger partial charge in [-0.1, -0.05) is 33.8 Å². The minimum atomic E-state index is -0.828. The Hall–Kier alpha value is -1.65. The zero-order valence-electron chi connectivity index (χ0n) is 14.9. The lowest BCUT2D eigenvalue weighted by atomic mass is 9.66. The van der Waals surface area contributed by atoms with E-state index in [4.69, 9.17) is 9.47 Å². The Balaban J connectivity index is 2.07. The number of hydrogen-bond acceptors (Lipinski definition) is 5. The van der Waals surface area contributed by atoms with Gasteiger partial charge in [0.1, 0.15) is 12.2 Å². The summed E-state index contributed by atoms with van der Waals surface area (Å²) in [7, 11) is 0. The highest BCUT2D eigenvalue weighted by Crippen LogP contribution is 2.54. The minimum Gasteiger partial charge on any atom is -0.462 e. The number of allylic oxidation sites excluding steroid dienone is 2. The van der Waals surface area contributed by atoms with Gasteiger partial charge in [-0.15, -0.1) is 0 Å². The summed E-state index contributed by atoms with van der Waals surface area (Å²) in [6, 6.07) is 0. The Labute approximate surface area is 142 Å². The molecule has 5 heteroatoms. The quantitative estimate of drug-likeness (QED) is 0.726. The van der Waals surface area contributed by atoms with Crippen LogP contribution in [0.2, 0.25) is 0 Å². The van der Waals surface area contributed by atoms with Gasteiger partial charge in [0.2, 0.25) is 0 Å². The highest BCUT2D eigenvalue weighted by Gasteiger charge is 2.62. The van der Waals surface area contributed by atoms with Crippen molar-refractivity contribution in [1.29, 1.82) is 0 Å². The first-order valence-corrected chi connectivity index (χ1v) is 8.81. The van der Waals surface area contributed by atoms with Gasteiger partial charge >= 0.3 is 11.9 Å². The van der Waals surface area contributed by atoms with Gasteiger partial charge in [-0.25, -0.2) is 0 Å². The van der Waals surface area contributed by atoms with Crippen molar-refractivity contribution in [3.63, 3.8) is 0 Å². The van der Waals surface area contributed by atoms with E-state index >= 15 is 0 Å². The van der Waals surface area contributed by atoms with Crippen LogP contribution in [-0.2, 0) is 23.9 Å². The lowest BCUT2D eigenvalue weighted by Crippen LogP contribution is -2.50. The molecule has 1 aliphatic heterocycles. The average Bonchev–Trinajstić information content (AvgIpc) is 2.92. The summed E-state index contributed by atoms with van der Waals surface area (Å²) >= 11 is 0. The Morgan fingerprint density at radius 3 is 2.62 bits per heavy atom. The molecule has 0 aromatic heterocycles. The monoisotopic (exact) mass is 334 g/mol. The molecule has 5 nitrogen and oxygen atoms in total. The van der Waals surface area contributed by atoms with Crippen molar-refractivity contribution in [3.8, 4) is 0 Å². The summed E-state index contributed by atoms with van der Waals surface area (Å²) in [5, 5.41) is 0. The maximum atomic E-state index is 12.8. The second-order valence-corrected chi connectivity index (χ2v) is 8.10. The number of carbonyl (C=O) groups is 3. The fourth-order valence-corrected chi connectivity index (χ4v) is 4.70. The van der Waals surface area contributed by atoms with Gasteiger partial charge in [0.15, 0.2) is 5.78 Å². The molecule has 1 heterocycles. The predicted molar refractivity (Wildman–Crippen MR) is 86.8 cm³/mol. The molecular formula is C19H26O5. The van der Waals surface area contributed by atoms with Crippen LogP contribution in [0.1, 0.15) is 41.0 Å². The Morgan fingerprint density at radius 1 is 1.33 bits per heavy atom. The summed E-state index contributed by atoms with van der Waals surface area (Å²) in [6.07, 6.45) is 3.30. The highest BCUT2D eigenvalue weighted by molar-refractivity contribution is 5.98. The maximum Gasteiger partial charge on any atom is 0.309 e. The van der Waals surface area contributed by atoms with Gasteiger partial charge in [0.05, 0.1) is 17.3 Å². The van der Waals surface area contributed by atoms with E-state index in [0.29, 0.717) is 6.42 Å². The number of fused-ring (bicyclic) bond motifs is 2. The molecule has 3 rings (SSSR count). The molecule has 24 heavy (non-hydrogen) atoms. The SMILES string of the molecule is CC(C)C(=O)O[C@@H]1[C@@H]2[C@H](C)C(=O)O[C@@H]2C[C@@H](C)[C@@H]2C=CC(=O)[C@@]12C. The molecule has 132 valence electrons.